The summed E-state index contributed by atoms with van der Waals surface area (Å²) in [5.74, 6) is 1.83. The highest BCUT2D eigenvalue weighted by atomic mass is 16.2. The molecule has 1 N–H and O–H groups in total. The van der Waals surface area contributed by atoms with Crippen LogP contribution in [-0.2, 0) is 30.7 Å². The van der Waals surface area contributed by atoms with Crippen LogP contribution in [0.25, 0.3) is 11.0 Å². The number of carbonyl (C=O) groups excluding carboxylic acids is 1. The van der Waals surface area contributed by atoms with Gasteiger partial charge in [-0.15, -0.1) is 0 Å². The molecule has 1 amide bonds. The number of aromatic nitrogens is 4. The molecular formula is C18H19N5O. The molecule has 4 rings (SSSR count). The van der Waals surface area contributed by atoms with Gasteiger partial charge in [0.25, 0.3) is 0 Å². The van der Waals surface area contributed by atoms with Crippen LogP contribution in [0.4, 0.5) is 0 Å². The van der Waals surface area contributed by atoms with E-state index >= 15 is 0 Å². The van der Waals surface area contributed by atoms with Crippen molar-refractivity contribution in [2.45, 2.75) is 39.8 Å². The van der Waals surface area contributed by atoms with Crippen LogP contribution < -0.4 is 0 Å². The van der Waals surface area contributed by atoms with E-state index in [1.54, 1.807) is 0 Å². The van der Waals surface area contributed by atoms with E-state index in [4.69, 9.17) is 0 Å². The smallest absolute Gasteiger partial charge is 0.227 e. The van der Waals surface area contributed by atoms with Crippen molar-refractivity contribution >= 4 is 16.9 Å². The van der Waals surface area contributed by atoms with Crippen LogP contribution >= 0.6 is 0 Å². The fourth-order valence-corrected chi connectivity index (χ4v) is 3.12. The van der Waals surface area contributed by atoms with Crippen LogP contribution in [-0.4, -0.2) is 30.7 Å². The molecule has 3 aromatic rings. The van der Waals surface area contributed by atoms with Gasteiger partial charge in [0.1, 0.15) is 11.6 Å². The summed E-state index contributed by atoms with van der Waals surface area (Å²) in [5, 5.41) is 0. The van der Waals surface area contributed by atoms with E-state index < -0.39 is 0 Å². The number of nitrogens with one attached hydrogen (secondary N) is 1. The summed E-state index contributed by atoms with van der Waals surface area (Å²) in [6.45, 7) is 5.14. The van der Waals surface area contributed by atoms with Crippen LogP contribution in [0.1, 0.15) is 35.4 Å². The molecule has 6 heteroatoms. The van der Waals surface area contributed by atoms with Gasteiger partial charge in [0, 0.05) is 24.7 Å². The number of hydrogen-bond donors (Lipinski definition) is 1. The first-order chi connectivity index (χ1) is 11.6. The average Bonchev–Trinajstić information content (AvgIpc) is 3.15. The summed E-state index contributed by atoms with van der Waals surface area (Å²) in [5.41, 5.74) is 4.93. The van der Waals surface area contributed by atoms with Crippen LogP contribution in [0.3, 0.4) is 0 Å². The topological polar surface area (TPSA) is 74.8 Å². The minimum atomic E-state index is 0.113. The fourth-order valence-electron chi connectivity index (χ4n) is 3.12. The number of H-pyrrole nitrogens is 1. The van der Waals surface area contributed by atoms with Gasteiger partial charge in [-0.3, -0.25) is 4.79 Å². The van der Waals surface area contributed by atoms with Crippen molar-refractivity contribution in [3.63, 3.8) is 0 Å². The normalized spacial score (nSPS) is 13.5. The maximum absolute atomic E-state index is 12.6. The Morgan fingerprint density at radius 2 is 2.17 bits per heavy atom. The Labute approximate surface area is 140 Å². The van der Waals surface area contributed by atoms with Crippen molar-refractivity contribution < 1.29 is 4.79 Å². The molecule has 6 nitrogen and oxygen atoms in total. The molecular weight excluding hydrogens is 302 g/mol. The number of aromatic amines is 1. The van der Waals surface area contributed by atoms with E-state index in [9.17, 15) is 4.79 Å². The Bertz CT molecular complexity index is 930. The van der Waals surface area contributed by atoms with Crippen LogP contribution in [0.15, 0.2) is 24.4 Å². The van der Waals surface area contributed by atoms with Crippen molar-refractivity contribution in [2.75, 3.05) is 0 Å². The van der Waals surface area contributed by atoms with E-state index in [0.717, 1.165) is 45.9 Å². The third kappa shape index (κ3) is 2.64. The van der Waals surface area contributed by atoms with Gasteiger partial charge >= 0.3 is 0 Å². The molecule has 0 saturated carbocycles. The standard InChI is InChI=1S/C18H19N5O/c1-3-17-19-8-13-9-23(10-16(13)22-17)18(24)7-12-4-5-14-15(6-12)21-11(2)20-14/h4-6,8H,3,7,9-10H2,1-2H3,(H,20,21). The quantitative estimate of drug-likeness (QED) is 0.803. The molecule has 0 radical (unpaired) electrons. The highest BCUT2D eigenvalue weighted by Crippen LogP contribution is 2.22. The lowest BCUT2D eigenvalue weighted by Gasteiger charge is -2.15. The number of benzene rings is 1. The molecule has 0 saturated heterocycles. The van der Waals surface area contributed by atoms with Gasteiger partial charge in [-0.05, 0) is 24.6 Å². The summed E-state index contributed by atoms with van der Waals surface area (Å²) in [7, 11) is 0. The Morgan fingerprint density at radius 1 is 1.29 bits per heavy atom. The van der Waals surface area contributed by atoms with Crippen molar-refractivity contribution in [2.24, 2.45) is 0 Å². The zero-order chi connectivity index (χ0) is 16.7. The molecule has 1 aromatic carbocycles. The summed E-state index contributed by atoms with van der Waals surface area (Å²) in [6.07, 6.45) is 3.05. The monoisotopic (exact) mass is 321 g/mol. The molecule has 1 aliphatic heterocycles. The molecule has 3 heterocycles. The van der Waals surface area contributed by atoms with E-state index in [2.05, 4.69) is 19.9 Å². The van der Waals surface area contributed by atoms with Gasteiger partial charge in [-0.25, -0.2) is 15.0 Å². The average molecular weight is 321 g/mol. The van der Waals surface area contributed by atoms with Gasteiger partial charge in [-0.2, -0.15) is 0 Å². The number of fused-ring (bicyclic) bond motifs is 2. The number of aryl methyl sites for hydroxylation is 2. The second kappa shape index (κ2) is 5.70. The SMILES string of the molecule is CCc1ncc2c(n1)CN(C(=O)Cc1ccc3nc(C)[nH]c3c1)C2. The summed E-state index contributed by atoms with van der Waals surface area (Å²) < 4.78 is 0. The predicted octanol–water partition coefficient (Wildman–Crippen LogP) is 2.31. The lowest BCUT2D eigenvalue weighted by Crippen LogP contribution is -2.27. The number of amides is 1. The van der Waals surface area contributed by atoms with Crippen LogP contribution in [0.2, 0.25) is 0 Å². The van der Waals surface area contributed by atoms with Crippen molar-refractivity contribution in [3.05, 3.63) is 52.9 Å². The number of carbonyl (C=O) groups is 1. The second-order valence-electron chi connectivity index (χ2n) is 6.21. The second-order valence-corrected chi connectivity index (χ2v) is 6.21. The van der Waals surface area contributed by atoms with Gasteiger partial charge in [0.15, 0.2) is 0 Å². The Balaban J connectivity index is 1.50. The molecule has 122 valence electrons. The first kappa shape index (κ1) is 14.8. The van der Waals surface area contributed by atoms with Gasteiger partial charge in [-0.1, -0.05) is 13.0 Å². The summed E-state index contributed by atoms with van der Waals surface area (Å²) in [6, 6.07) is 5.93. The molecule has 0 bridgehead atoms. The van der Waals surface area contributed by atoms with Crippen molar-refractivity contribution in [1.29, 1.82) is 0 Å². The fraction of sp³-hybridized carbons (Fsp3) is 0.333. The summed E-state index contributed by atoms with van der Waals surface area (Å²) >= 11 is 0. The minimum Gasteiger partial charge on any atom is -0.342 e. The van der Waals surface area contributed by atoms with Crippen LogP contribution in [0.5, 0.6) is 0 Å². The number of hydrogen-bond acceptors (Lipinski definition) is 4. The van der Waals surface area contributed by atoms with Gasteiger partial charge in [0.2, 0.25) is 5.91 Å². The first-order valence-electron chi connectivity index (χ1n) is 8.19. The van der Waals surface area contributed by atoms with E-state index in [-0.39, 0.29) is 5.91 Å². The van der Waals surface area contributed by atoms with E-state index in [0.29, 0.717) is 19.5 Å². The molecule has 1 aliphatic rings. The Morgan fingerprint density at radius 3 is 3.00 bits per heavy atom. The Kier molecular flexibility index (Phi) is 3.52. The molecule has 0 spiro atoms. The molecule has 0 atom stereocenters. The molecule has 24 heavy (non-hydrogen) atoms. The lowest BCUT2D eigenvalue weighted by atomic mass is 10.1. The lowest BCUT2D eigenvalue weighted by molar-refractivity contribution is -0.131. The largest absolute Gasteiger partial charge is 0.342 e. The number of nitrogens with zero attached hydrogens (tertiary/aromatic N) is 4. The van der Waals surface area contributed by atoms with E-state index in [1.807, 2.05) is 43.1 Å². The highest BCUT2D eigenvalue weighted by Gasteiger charge is 2.25. The van der Waals surface area contributed by atoms with Crippen LogP contribution in [0, 0.1) is 6.92 Å². The summed E-state index contributed by atoms with van der Waals surface area (Å²) in [4.78, 5) is 30.9. The Hall–Kier alpha value is -2.76. The zero-order valence-corrected chi connectivity index (χ0v) is 13.8. The zero-order valence-electron chi connectivity index (χ0n) is 13.8. The number of imidazole rings is 1. The number of rotatable bonds is 3. The third-order valence-corrected chi connectivity index (χ3v) is 4.39. The highest BCUT2D eigenvalue weighted by molar-refractivity contribution is 5.82. The van der Waals surface area contributed by atoms with Crippen molar-refractivity contribution in [1.82, 2.24) is 24.8 Å². The van der Waals surface area contributed by atoms with E-state index in [1.165, 1.54) is 0 Å². The van der Waals surface area contributed by atoms with Crippen molar-refractivity contribution in [3.8, 4) is 0 Å². The first-order valence-corrected chi connectivity index (χ1v) is 8.19. The molecule has 0 unspecified atom stereocenters. The van der Waals surface area contributed by atoms with Gasteiger partial charge in [0.05, 0.1) is 29.7 Å². The maximum atomic E-state index is 12.6. The molecule has 0 fully saturated rings. The third-order valence-electron chi connectivity index (χ3n) is 4.39. The maximum Gasteiger partial charge on any atom is 0.227 e. The predicted molar refractivity (Wildman–Crippen MR) is 90.2 cm³/mol. The van der Waals surface area contributed by atoms with Gasteiger partial charge < -0.3 is 9.88 Å². The molecule has 2 aromatic heterocycles. The minimum absolute atomic E-state index is 0.113. The molecule has 0 aliphatic carbocycles.